The van der Waals surface area contributed by atoms with E-state index in [2.05, 4.69) is 12.2 Å². The maximum absolute atomic E-state index is 12.5. The minimum Gasteiger partial charge on any atom is -0.497 e. The van der Waals surface area contributed by atoms with Crippen LogP contribution in [-0.4, -0.2) is 25.2 Å². The second-order valence-corrected chi connectivity index (χ2v) is 7.38. The van der Waals surface area contributed by atoms with Gasteiger partial charge in [0.1, 0.15) is 22.8 Å². The van der Waals surface area contributed by atoms with Crippen LogP contribution in [0, 0.1) is 0 Å². The van der Waals surface area contributed by atoms with Crippen molar-refractivity contribution in [3.63, 3.8) is 0 Å². The fraction of sp³-hybridized carbons (Fsp3) is 0.409. The summed E-state index contributed by atoms with van der Waals surface area (Å²) in [6.07, 6.45) is 1.65. The van der Waals surface area contributed by atoms with E-state index in [9.17, 15) is 4.79 Å². The molecule has 0 radical (unpaired) electrons. The second kappa shape index (κ2) is 7.91. The molecule has 1 aliphatic rings. The van der Waals surface area contributed by atoms with Crippen LogP contribution in [0.1, 0.15) is 44.4 Å². The van der Waals surface area contributed by atoms with E-state index in [1.165, 1.54) is 5.56 Å². The van der Waals surface area contributed by atoms with E-state index in [1.54, 1.807) is 7.11 Å². The normalized spacial score (nSPS) is 17.4. The smallest absolute Gasteiger partial charge is 0.258 e. The molecule has 1 N–H and O–H groups in total. The summed E-state index contributed by atoms with van der Waals surface area (Å²) in [5.74, 6) is 2.04. The number of methoxy groups -OCH3 is 1. The topological polar surface area (TPSA) is 56.8 Å². The number of aryl methyl sites for hydroxylation is 1. The van der Waals surface area contributed by atoms with E-state index in [0.717, 1.165) is 23.5 Å². The molecule has 5 heteroatoms. The SMILES string of the molecule is CCc1ccc(OCC(=O)NC2CC(C)(C)Oc3ccc(OC)cc32)cc1. The summed E-state index contributed by atoms with van der Waals surface area (Å²) in [4.78, 5) is 12.5. The van der Waals surface area contributed by atoms with Gasteiger partial charge in [-0.05, 0) is 56.2 Å². The van der Waals surface area contributed by atoms with Crippen molar-refractivity contribution in [2.45, 2.75) is 45.3 Å². The van der Waals surface area contributed by atoms with Gasteiger partial charge in [-0.3, -0.25) is 4.79 Å². The molecule has 27 heavy (non-hydrogen) atoms. The quantitative estimate of drug-likeness (QED) is 0.834. The van der Waals surface area contributed by atoms with Gasteiger partial charge in [0.25, 0.3) is 5.91 Å². The molecule has 1 heterocycles. The highest BCUT2D eigenvalue weighted by molar-refractivity contribution is 5.78. The first-order chi connectivity index (χ1) is 12.9. The highest BCUT2D eigenvalue weighted by atomic mass is 16.5. The first-order valence-electron chi connectivity index (χ1n) is 9.28. The van der Waals surface area contributed by atoms with Gasteiger partial charge < -0.3 is 19.5 Å². The largest absolute Gasteiger partial charge is 0.497 e. The van der Waals surface area contributed by atoms with E-state index in [1.807, 2.05) is 56.3 Å². The maximum Gasteiger partial charge on any atom is 0.258 e. The summed E-state index contributed by atoms with van der Waals surface area (Å²) >= 11 is 0. The number of hydrogen-bond donors (Lipinski definition) is 1. The van der Waals surface area contributed by atoms with Crippen LogP contribution in [-0.2, 0) is 11.2 Å². The van der Waals surface area contributed by atoms with E-state index >= 15 is 0 Å². The van der Waals surface area contributed by atoms with Crippen LogP contribution in [0.3, 0.4) is 0 Å². The summed E-state index contributed by atoms with van der Waals surface area (Å²) in [5.41, 5.74) is 1.80. The van der Waals surface area contributed by atoms with Crippen molar-refractivity contribution in [3.8, 4) is 17.2 Å². The Kier molecular flexibility index (Phi) is 5.59. The Bertz CT molecular complexity index is 798. The fourth-order valence-electron chi connectivity index (χ4n) is 3.29. The number of rotatable bonds is 6. The second-order valence-electron chi connectivity index (χ2n) is 7.38. The molecule has 1 atom stereocenters. The van der Waals surface area contributed by atoms with Crippen molar-refractivity contribution in [2.75, 3.05) is 13.7 Å². The summed E-state index contributed by atoms with van der Waals surface area (Å²) in [7, 11) is 1.63. The summed E-state index contributed by atoms with van der Waals surface area (Å²) in [6, 6.07) is 13.3. The van der Waals surface area contributed by atoms with Gasteiger partial charge in [0.2, 0.25) is 0 Å². The zero-order valence-corrected chi connectivity index (χ0v) is 16.4. The summed E-state index contributed by atoms with van der Waals surface area (Å²) < 4.78 is 17.0. The molecule has 0 saturated carbocycles. The molecular formula is C22H27NO4. The van der Waals surface area contributed by atoms with Crippen LogP contribution < -0.4 is 19.5 Å². The molecule has 144 valence electrons. The summed E-state index contributed by atoms with van der Waals surface area (Å²) in [6.45, 7) is 6.12. The van der Waals surface area contributed by atoms with Gasteiger partial charge in [0.05, 0.1) is 13.2 Å². The molecule has 2 aromatic rings. The average molecular weight is 369 g/mol. The maximum atomic E-state index is 12.5. The van der Waals surface area contributed by atoms with Gasteiger partial charge in [-0.25, -0.2) is 0 Å². The first kappa shape index (κ1) is 19.1. The number of benzene rings is 2. The van der Waals surface area contributed by atoms with Crippen molar-refractivity contribution < 1.29 is 19.0 Å². The van der Waals surface area contributed by atoms with Crippen LogP contribution in [0.2, 0.25) is 0 Å². The number of amides is 1. The zero-order valence-electron chi connectivity index (χ0n) is 16.4. The molecule has 1 amide bonds. The zero-order chi connectivity index (χ0) is 19.4. The first-order valence-corrected chi connectivity index (χ1v) is 9.28. The predicted molar refractivity (Wildman–Crippen MR) is 105 cm³/mol. The third-order valence-electron chi connectivity index (χ3n) is 4.71. The molecule has 0 bridgehead atoms. The van der Waals surface area contributed by atoms with Crippen LogP contribution in [0.4, 0.5) is 0 Å². The standard InChI is InChI=1S/C22H27NO4/c1-5-15-6-8-16(9-7-15)26-14-21(24)23-19-13-22(2,3)27-20-11-10-17(25-4)12-18(19)20/h6-12,19H,5,13-14H2,1-4H3,(H,23,24). The Morgan fingerprint density at radius 1 is 1.19 bits per heavy atom. The molecule has 1 aliphatic heterocycles. The lowest BCUT2D eigenvalue weighted by Gasteiger charge is -2.38. The molecule has 0 spiro atoms. The van der Waals surface area contributed by atoms with Crippen LogP contribution in [0.5, 0.6) is 17.2 Å². The number of nitrogens with one attached hydrogen (secondary N) is 1. The Balaban J connectivity index is 1.67. The van der Waals surface area contributed by atoms with E-state index < -0.39 is 0 Å². The Morgan fingerprint density at radius 3 is 2.56 bits per heavy atom. The van der Waals surface area contributed by atoms with E-state index in [0.29, 0.717) is 12.2 Å². The van der Waals surface area contributed by atoms with Gasteiger partial charge in [-0.1, -0.05) is 19.1 Å². The third kappa shape index (κ3) is 4.73. The fourth-order valence-corrected chi connectivity index (χ4v) is 3.29. The Labute approximate surface area is 160 Å². The number of hydrogen-bond acceptors (Lipinski definition) is 4. The Hall–Kier alpha value is -2.69. The molecule has 2 aromatic carbocycles. The van der Waals surface area contributed by atoms with Gasteiger partial charge in [0.15, 0.2) is 6.61 Å². The van der Waals surface area contributed by atoms with Crippen molar-refractivity contribution in [3.05, 3.63) is 53.6 Å². The highest BCUT2D eigenvalue weighted by Crippen LogP contribution is 2.41. The molecular weight excluding hydrogens is 342 g/mol. The van der Waals surface area contributed by atoms with Crippen molar-refractivity contribution >= 4 is 5.91 Å². The van der Waals surface area contributed by atoms with Crippen LogP contribution >= 0.6 is 0 Å². The van der Waals surface area contributed by atoms with Crippen LogP contribution in [0.25, 0.3) is 0 Å². The molecule has 5 nitrogen and oxygen atoms in total. The van der Waals surface area contributed by atoms with Gasteiger partial charge in [-0.2, -0.15) is 0 Å². The number of fused-ring (bicyclic) bond motifs is 1. The molecule has 0 aromatic heterocycles. The third-order valence-corrected chi connectivity index (χ3v) is 4.71. The Morgan fingerprint density at radius 2 is 1.89 bits per heavy atom. The van der Waals surface area contributed by atoms with Crippen molar-refractivity contribution in [1.29, 1.82) is 0 Å². The monoisotopic (exact) mass is 369 g/mol. The molecule has 0 saturated heterocycles. The predicted octanol–water partition coefficient (Wildman–Crippen LogP) is 4.06. The molecule has 1 unspecified atom stereocenters. The number of carbonyl (C=O) groups is 1. The minimum atomic E-state index is -0.365. The summed E-state index contributed by atoms with van der Waals surface area (Å²) in [5, 5.41) is 3.08. The number of ether oxygens (including phenoxy) is 3. The number of carbonyl (C=O) groups excluding carboxylic acids is 1. The van der Waals surface area contributed by atoms with E-state index in [-0.39, 0.29) is 24.2 Å². The van der Waals surface area contributed by atoms with E-state index in [4.69, 9.17) is 14.2 Å². The van der Waals surface area contributed by atoms with Crippen molar-refractivity contribution in [1.82, 2.24) is 5.32 Å². The average Bonchev–Trinajstić information content (AvgIpc) is 2.65. The van der Waals surface area contributed by atoms with Gasteiger partial charge >= 0.3 is 0 Å². The lowest BCUT2D eigenvalue weighted by atomic mass is 9.89. The van der Waals surface area contributed by atoms with Gasteiger partial charge in [-0.15, -0.1) is 0 Å². The van der Waals surface area contributed by atoms with Crippen molar-refractivity contribution in [2.24, 2.45) is 0 Å². The van der Waals surface area contributed by atoms with Crippen LogP contribution in [0.15, 0.2) is 42.5 Å². The lowest BCUT2D eigenvalue weighted by molar-refractivity contribution is -0.124. The van der Waals surface area contributed by atoms with Gasteiger partial charge in [0, 0.05) is 12.0 Å². The molecule has 0 fully saturated rings. The molecule has 3 rings (SSSR count). The minimum absolute atomic E-state index is 0.0252. The highest BCUT2D eigenvalue weighted by Gasteiger charge is 2.34. The lowest BCUT2D eigenvalue weighted by Crippen LogP contribution is -2.42. The molecule has 0 aliphatic carbocycles.